The van der Waals surface area contributed by atoms with Crippen LogP contribution in [0, 0.1) is 0 Å². The highest BCUT2D eigenvalue weighted by Gasteiger charge is 2.49. The second-order valence-electron chi connectivity index (χ2n) is 16.4. The van der Waals surface area contributed by atoms with Crippen LogP contribution in [0.15, 0.2) is 0 Å². The van der Waals surface area contributed by atoms with E-state index < -0.39 is 36.4 Å². The molecule has 53 heavy (non-hydrogen) atoms. The molecule has 1 amide bonds. The number of unbranched alkanes of at least 4 members (excludes halogenated alkanes) is 30. The molecule has 0 rings (SSSR count). The molecule has 0 radical (unpaired) electrons. The Bertz CT molecular complexity index is 773. The molecule has 8 nitrogen and oxygen atoms in total. The van der Waals surface area contributed by atoms with Crippen LogP contribution >= 0.6 is 0 Å². The Morgan fingerprint density at radius 1 is 0.509 bits per heavy atom. The Morgan fingerprint density at radius 3 is 1.13 bits per heavy atom. The average molecular weight is 757 g/mol. The molecule has 7 N–H and O–H groups in total. The van der Waals surface area contributed by atoms with Crippen LogP contribution in [-0.4, -0.2) is 86.5 Å². The Morgan fingerprint density at radius 2 is 0.811 bits per heavy atom. The summed E-state index contributed by atoms with van der Waals surface area (Å²) in [5.74, 6) is -0.621. The lowest BCUT2D eigenvalue weighted by Crippen LogP contribution is -2.62. The largest absolute Gasteiger partial charge is 0.394 e. The Labute approximate surface area is 328 Å². The summed E-state index contributed by atoms with van der Waals surface area (Å²) in [5.41, 5.74) is 3.54. The van der Waals surface area contributed by atoms with Crippen LogP contribution in [-0.2, 0) is 4.79 Å². The first kappa shape index (κ1) is 52.2. The minimum absolute atomic E-state index is 0.0151. The summed E-state index contributed by atoms with van der Waals surface area (Å²) in [6, 6.07) is 0. The third-order valence-electron chi connectivity index (χ3n) is 11.4. The summed E-state index contributed by atoms with van der Waals surface area (Å²) in [4.78, 5) is 15.5. The molecule has 0 unspecified atom stereocenters. The normalized spacial score (nSPS) is 14.6. The minimum atomic E-state index is -2.25. The third kappa shape index (κ3) is 28.3. The van der Waals surface area contributed by atoms with Crippen LogP contribution in [0.3, 0.4) is 0 Å². The van der Waals surface area contributed by atoms with E-state index >= 15 is 0 Å². The number of aliphatic hydroxyl groups excluding tert-OH is 4. The van der Waals surface area contributed by atoms with E-state index in [1.807, 2.05) is 0 Å². The molecule has 0 aromatic rings. The van der Waals surface area contributed by atoms with Crippen molar-refractivity contribution in [1.82, 2.24) is 4.90 Å². The van der Waals surface area contributed by atoms with Crippen LogP contribution in [0.5, 0.6) is 0 Å². The maximum absolute atomic E-state index is 13.9. The number of carbonyl (C=O) groups is 1. The van der Waals surface area contributed by atoms with Gasteiger partial charge in [0.2, 0.25) is 0 Å². The smallest absolute Gasteiger partial charge is 0.257 e. The van der Waals surface area contributed by atoms with Gasteiger partial charge >= 0.3 is 0 Å². The fourth-order valence-corrected chi connectivity index (χ4v) is 7.65. The molecule has 0 aliphatic carbocycles. The van der Waals surface area contributed by atoms with E-state index in [1.165, 1.54) is 161 Å². The zero-order valence-electron chi connectivity index (χ0n) is 35.3. The molecule has 0 aromatic heterocycles. The van der Waals surface area contributed by atoms with Crippen molar-refractivity contribution in [2.75, 3.05) is 26.2 Å². The van der Waals surface area contributed by atoms with Gasteiger partial charge in [0, 0.05) is 13.1 Å². The lowest BCUT2D eigenvalue weighted by Gasteiger charge is -2.39. The zero-order chi connectivity index (χ0) is 39.3. The highest BCUT2D eigenvalue weighted by atomic mass is 16.4. The summed E-state index contributed by atoms with van der Waals surface area (Å²) in [6.45, 7) is 4.95. The molecule has 4 atom stereocenters. The van der Waals surface area contributed by atoms with Crippen LogP contribution in [0.25, 0.3) is 0 Å². The molecule has 0 aromatic carbocycles. The van der Waals surface area contributed by atoms with E-state index in [0.29, 0.717) is 32.5 Å². The van der Waals surface area contributed by atoms with Crippen LogP contribution < -0.4 is 5.73 Å². The molecule has 8 heteroatoms. The molecule has 0 saturated heterocycles. The molecule has 0 bridgehead atoms. The summed E-state index contributed by atoms with van der Waals surface area (Å²) < 4.78 is 0. The van der Waals surface area contributed by atoms with E-state index in [-0.39, 0.29) is 6.42 Å². The zero-order valence-corrected chi connectivity index (χ0v) is 35.3. The van der Waals surface area contributed by atoms with E-state index in [9.17, 15) is 30.3 Å². The Hall–Kier alpha value is -0.770. The summed E-state index contributed by atoms with van der Waals surface area (Å²) in [7, 11) is 0. The minimum Gasteiger partial charge on any atom is -0.394 e. The highest BCUT2D eigenvalue weighted by Crippen LogP contribution is 2.27. The average Bonchev–Trinajstić information content (AvgIpc) is 3.17. The standard InChI is InChI=1S/C45H92N2O6/c1-3-5-7-9-11-13-15-17-19-21-23-25-27-29-31-33-36-45(53,43(51)42(50)41(49)40-48)44(52)47(39-35-37-46)38-34-32-30-28-26-24-22-20-18-16-14-12-10-8-6-4-2/h41-43,48-51,53H,3-40,46H2,1-2H3/t41-,42-,43+,45-/m1/s1. The van der Waals surface area contributed by atoms with E-state index in [4.69, 9.17) is 5.73 Å². The number of rotatable bonds is 42. The number of nitrogens with zero attached hydrogens (tertiary/aromatic N) is 1. The number of hydrogen-bond acceptors (Lipinski definition) is 7. The quantitative estimate of drug-likeness (QED) is 0.0340. The van der Waals surface area contributed by atoms with Gasteiger partial charge in [-0.1, -0.05) is 206 Å². The first-order chi connectivity index (χ1) is 25.8. The number of carbonyl (C=O) groups excluding carboxylic acids is 1. The van der Waals surface area contributed by atoms with Gasteiger partial charge in [0.15, 0.2) is 5.60 Å². The van der Waals surface area contributed by atoms with Gasteiger partial charge in [-0.3, -0.25) is 4.79 Å². The lowest BCUT2D eigenvalue weighted by atomic mass is 9.84. The van der Waals surface area contributed by atoms with Crippen molar-refractivity contribution in [3.63, 3.8) is 0 Å². The predicted molar refractivity (Wildman–Crippen MR) is 224 cm³/mol. The second-order valence-corrected chi connectivity index (χ2v) is 16.4. The van der Waals surface area contributed by atoms with Gasteiger partial charge in [-0.15, -0.1) is 0 Å². The van der Waals surface area contributed by atoms with E-state index in [0.717, 1.165) is 38.5 Å². The first-order valence-corrected chi connectivity index (χ1v) is 23.2. The Kier molecular flexibility index (Phi) is 37.6. The molecule has 0 spiro atoms. The molecule has 318 valence electrons. The molecule has 0 aliphatic heterocycles. The van der Waals surface area contributed by atoms with E-state index in [1.54, 1.807) is 4.90 Å². The van der Waals surface area contributed by atoms with Crippen molar-refractivity contribution >= 4 is 5.91 Å². The monoisotopic (exact) mass is 757 g/mol. The maximum Gasteiger partial charge on any atom is 0.257 e. The van der Waals surface area contributed by atoms with Crippen molar-refractivity contribution in [1.29, 1.82) is 0 Å². The van der Waals surface area contributed by atoms with Crippen LogP contribution in [0.4, 0.5) is 0 Å². The molecule has 0 heterocycles. The van der Waals surface area contributed by atoms with Gasteiger partial charge < -0.3 is 36.2 Å². The third-order valence-corrected chi connectivity index (χ3v) is 11.4. The predicted octanol–water partition coefficient (Wildman–Crippen LogP) is 9.88. The van der Waals surface area contributed by atoms with Gasteiger partial charge in [-0.2, -0.15) is 0 Å². The van der Waals surface area contributed by atoms with Crippen molar-refractivity contribution in [3.05, 3.63) is 0 Å². The van der Waals surface area contributed by atoms with Gasteiger partial charge in [-0.05, 0) is 32.2 Å². The van der Waals surface area contributed by atoms with Gasteiger partial charge in [0.05, 0.1) is 6.61 Å². The SMILES string of the molecule is CCCCCCCCCCCCCCCCCCN(CCCN)C(=O)[C@@](O)(CCCCCCCCCCCCCCCCCC)[C@@H](O)[C@H](O)[C@H](O)CO. The molecular formula is C45H92N2O6. The number of nitrogens with two attached hydrogens (primary N) is 1. The van der Waals surface area contributed by atoms with Crippen molar-refractivity contribution < 1.29 is 30.3 Å². The van der Waals surface area contributed by atoms with E-state index in [2.05, 4.69) is 13.8 Å². The van der Waals surface area contributed by atoms with Crippen molar-refractivity contribution in [2.45, 2.75) is 256 Å². The molecular weight excluding hydrogens is 665 g/mol. The lowest BCUT2D eigenvalue weighted by molar-refractivity contribution is -0.187. The topological polar surface area (TPSA) is 147 Å². The van der Waals surface area contributed by atoms with Gasteiger partial charge in [0.1, 0.15) is 18.3 Å². The fourth-order valence-electron chi connectivity index (χ4n) is 7.65. The highest BCUT2D eigenvalue weighted by molar-refractivity contribution is 5.86. The van der Waals surface area contributed by atoms with Gasteiger partial charge in [-0.25, -0.2) is 0 Å². The summed E-state index contributed by atoms with van der Waals surface area (Å²) >= 11 is 0. The van der Waals surface area contributed by atoms with Crippen LogP contribution in [0.1, 0.15) is 232 Å². The second kappa shape index (κ2) is 38.1. The molecule has 0 aliphatic rings. The Balaban J connectivity index is 4.60. The van der Waals surface area contributed by atoms with Gasteiger partial charge in [0.25, 0.3) is 5.91 Å². The number of hydrogen-bond donors (Lipinski definition) is 6. The molecule has 0 saturated carbocycles. The maximum atomic E-state index is 13.9. The molecule has 0 fully saturated rings. The summed E-state index contributed by atoms with van der Waals surface area (Å²) in [5, 5.41) is 52.9. The van der Waals surface area contributed by atoms with Crippen molar-refractivity contribution in [3.8, 4) is 0 Å². The fraction of sp³-hybridized carbons (Fsp3) is 0.978. The number of aliphatic hydroxyl groups is 5. The van der Waals surface area contributed by atoms with Crippen LogP contribution in [0.2, 0.25) is 0 Å². The first-order valence-electron chi connectivity index (χ1n) is 23.2. The van der Waals surface area contributed by atoms with Crippen molar-refractivity contribution in [2.24, 2.45) is 5.73 Å². The summed E-state index contributed by atoms with van der Waals surface area (Å²) in [6.07, 6.45) is 34.6. The number of amides is 1.